The SMILES string of the molecule is COc1ccc(Br)cc1Cn1nc(C)c(Br)c1N. The monoisotopic (exact) mass is 373 g/mol. The number of nitrogens with two attached hydrogens (primary N) is 1. The van der Waals surface area contributed by atoms with Crippen LogP contribution in [0.4, 0.5) is 5.82 Å². The van der Waals surface area contributed by atoms with Gasteiger partial charge in [0, 0.05) is 10.0 Å². The van der Waals surface area contributed by atoms with E-state index in [2.05, 4.69) is 37.0 Å². The van der Waals surface area contributed by atoms with Crippen molar-refractivity contribution in [2.45, 2.75) is 13.5 Å². The number of halogens is 2. The van der Waals surface area contributed by atoms with E-state index >= 15 is 0 Å². The smallest absolute Gasteiger partial charge is 0.136 e. The summed E-state index contributed by atoms with van der Waals surface area (Å²) in [5.74, 6) is 1.44. The lowest BCUT2D eigenvalue weighted by Crippen LogP contribution is -2.07. The molecular formula is C12H13Br2N3O. The number of anilines is 1. The molecule has 4 nitrogen and oxygen atoms in total. The van der Waals surface area contributed by atoms with E-state index in [9.17, 15) is 0 Å². The average Bonchev–Trinajstić information content (AvgIpc) is 2.57. The first-order valence-corrected chi connectivity index (χ1v) is 6.92. The number of hydrogen-bond acceptors (Lipinski definition) is 3. The fraction of sp³-hybridized carbons (Fsp3) is 0.250. The van der Waals surface area contributed by atoms with E-state index in [4.69, 9.17) is 10.5 Å². The Morgan fingerprint density at radius 2 is 2.11 bits per heavy atom. The van der Waals surface area contributed by atoms with Crippen LogP contribution >= 0.6 is 31.9 Å². The van der Waals surface area contributed by atoms with Crippen molar-refractivity contribution in [3.8, 4) is 5.75 Å². The van der Waals surface area contributed by atoms with E-state index in [-0.39, 0.29) is 0 Å². The highest BCUT2D eigenvalue weighted by molar-refractivity contribution is 9.11. The van der Waals surface area contributed by atoms with E-state index in [1.54, 1.807) is 11.8 Å². The van der Waals surface area contributed by atoms with Gasteiger partial charge in [0.05, 0.1) is 23.8 Å². The zero-order valence-electron chi connectivity index (χ0n) is 10.1. The lowest BCUT2D eigenvalue weighted by molar-refractivity contribution is 0.407. The molecule has 6 heteroatoms. The van der Waals surface area contributed by atoms with Crippen LogP contribution in [0.2, 0.25) is 0 Å². The molecule has 0 fully saturated rings. The molecule has 0 amide bonds. The van der Waals surface area contributed by atoms with E-state index in [1.165, 1.54) is 0 Å². The Hall–Kier alpha value is -1.01. The van der Waals surface area contributed by atoms with Gasteiger partial charge in [0.15, 0.2) is 0 Å². The molecule has 0 aliphatic heterocycles. The maximum atomic E-state index is 5.98. The number of nitrogen functional groups attached to an aromatic ring is 1. The number of hydrogen-bond donors (Lipinski definition) is 1. The van der Waals surface area contributed by atoms with Gasteiger partial charge in [-0.25, -0.2) is 4.68 Å². The molecule has 0 saturated carbocycles. The van der Waals surface area contributed by atoms with Gasteiger partial charge in [-0.1, -0.05) is 15.9 Å². The molecule has 2 rings (SSSR count). The summed E-state index contributed by atoms with van der Waals surface area (Å²) < 4.78 is 8.93. The van der Waals surface area contributed by atoms with E-state index < -0.39 is 0 Å². The third-order valence-corrected chi connectivity index (χ3v) is 4.13. The molecule has 2 aromatic rings. The second-order valence-electron chi connectivity index (χ2n) is 3.90. The minimum absolute atomic E-state index is 0.570. The van der Waals surface area contributed by atoms with Gasteiger partial charge in [0.25, 0.3) is 0 Å². The second kappa shape index (κ2) is 5.32. The number of nitrogens with zero attached hydrogens (tertiary/aromatic N) is 2. The number of aromatic nitrogens is 2. The van der Waals surface area contributed by atoms with E-state index in [1.807, 2.05) is 25.1 Å². The first-order valence-electron chi connectivity index (χ1n) is 5.33. The van der Waals surface area contributed by atoms with Crippen LogP contribution in [0.15, 0.2) is 27.1 Å². The summed E-state index contributed by atoms with van der Waals surface area (Å²) in [6.07, 6.45) is 0. The van der Waals surface area contributed by atoms with Crippen molar-refractivity contribution < 1.29 is 4.74 Å². The van der Waals surface area contributed by atoms with Gasteiger partial charge < -0.3 is 10.5 Å². The molecule has 2 N–H and O–H groups in total. The maximum Gasteiger partial charge on any atom is 0.136 e. The Morgan fingerprint density at radius 3 is 2.67 bits per heavy atom. The largest absolute Gasteiger partial charge is 0.496 e. The predicted octanol–water partition coefficient (Wildman–Crippen LogP) is 3.36. The van der Waals surface area contributed by atoms with Crippen LogP contribution in [-0.4, -0.2) is 16.9 Å². The van der Waals surface area contributed by atoms with Gasteiger partial charge in [-0.3, -0.25) is 0 Å². The van der Waals surface area contributed by atoms with Crippen molar-refractivity contribution >= 4 is 37.7 Å². The first-order chi connectivity index (χ1) is 8.52. The normalized spacial score (nSPS) is 10.7. The summed E-state index contributed by atoms with van der Waals surface area (Å²) in [6.45, 7) is 2.48. The molecule has 1 aromatic carbocycles. The minimum atomic E-state index is 0.570. The van der Waals surface area contributed by atoms with E-state index in [0.29, 0.717) is 12.4 Å². The van der Waals surface area contributed by atoms with Gasteiger partial charge >= 0.3 is 0 Å². The minimum Gasteiger partial charge on any atom is -0.496 e. The Balaban J connectivity index is 2.39. The van der Waals surface area contributed by atoms with Crippen LogP contribution in [0.25, 0.3) is 0 Å². The van der Waals surface area contributed by atoms with Crippen LogP contribution in [0.3, 0.4) is 0 Å². The number of methoxy groups -OCH3 is 1. The van der Waals surface area contributed by atoms with Gasteiger partial charge in [-0.05, 0) is 41.1 Å². The van der Waals surface area contributed by atoms with Crippen molar-refractivity contribution in [3.63, 3.8) is 0 Å². The number of benzene rings is 1. The summed E-state index contributed by atoms with van der Waals surface area (Å²) in [5, 5.41) is 4.38. The Labute approximate surface area is 122 Å². The number of aryl methyl sites for hydroxylation is 1. The van der Waals surface area contributed by atoms with Crippen LogP contribution < -0.4 is 10.5 Å². The third kappa shape index (κ3) is 2.54. The Bertz CT molecular complexity index is 581. The molecule has 0 spiro atoms. The van der Waals surface area contributed by atoms with Crippen molar-refractivity contribution in [1.82, 2.24) is 9.78 Å². The van der Waals surface area contributed by atoms with Crippen molar-refractivity contribution in [2.75, 3.05) is 12.8 Å². The highest BCUT2D eigenvalue weighted by atomic mass is 79.9. The zero-order chi connectivity index (χ0) is 13.3. The maximum absolute atomic E-state index is 5.98. The lowest BCUT2D eigenvalue weighted by atomic mass is 10.2. The summed E-state index contributed by atoms with van der Waals surface area (Å²) in [6, 6.07) is 5.86. The molecule has 0 unspecified atom stereocenters. The number of rotatable bonds is 3. The van der Waals surface area contributed by atoms with Crippen molar-refractivity contribution in [2.24, 2.45) is 0 Å². The Morgan fingerprint density at radius 1 is 1.39 bits per heavy atom. The van der Waals surface area contributed by atoms with Crippen LogP contribution in [0, 0.1) is 6.92 Å². The molecule has 1 aromatic heterocycles. The summed E-state index contributed by atoms with van der Waals surface area (Å²) in [5.41, 5.74) is 7.88. The van der Waals surface area contributed by atoms with Crippen molar-refractivity contribution in [3.05, 3.63) is 38.4 Å². The van der Waals surface area contributed by atoms with E-state index in [0.717, 1.165) is 26.0 Å². The fourth-order valence-corrected chi connectivity index (χ4v) is 2.42. The molecule has 96 valence electrons. The second-order valence-corrected chi connectivity index (χ2v) is 5.61. The molecule has 0 saturated heterocycles. The standard InChI is InChI=1S/C12H13Br2N3O/c1-7-11(14)12(15)17(16-7)6-8-5-9(13)3-4-10(8)18-2/h3-5H,6,15H2,1-2H3. The molecular weight excluding hydrogens is 362 g/mol. The van der Waals surface area contributed by atoms with Crippen LogP contribution in [0.1, 0.15) is 11.3 Å². The van der Waals surface area contributed by atoms with Gasteiger partial charge in [0.2, 0.25) is 0 Å². The highest BCUT2D eigenvalue weighted by Gasteiger charge is 2.12. The zero-order valence-corrected chi connectivity index (χ0v) is 13.2. The number of ether oxygens (including phenoxy) is 1. The van der Waals surface area contributed by atoms with Crippen LogP contribution in [0.5, 0.6) is 5.75 Å². The van der Waals surface area contributed by atoms with Gasteiger partial charge in [-0.2, -0.15) is 5.10 Å². The summed E-state index contributed by atoms with van der Waals surface area (Å²) in [4.78, 5) is 0. The summed E-state index contributed by atoms with van der Waals surface area (Å²) >= 11 is 6.87. The quantitative estimate of drug-likeness (QED) is 0.896. The van der Waals surface area contributed by atoms with Crippen molar-refractivity contribution in [1.29, 1.82) is 0 Å². The molecule has 18 heavy (non-hydrogen) atoms. The summed E-state index contributed by atoms with van der Waals surface area (Å²) in [7, 11) is 1.65. The molecule has 1 heterocycles. The molecule has 0 aliphatic rings. The van der Waals surface area contributed by atoms with Gasteiger partial charge in [0.1, 0.15) is 11.6 Å². The third-order valence-electron chi connectivity index (χ3n) is 2.65. The topological polar surface area (TPSA) is 53.1 Å². The molecule has 0 atom stereocenters. The average molecular weight is 375 g/mol. The first kappa shape index (κ1) is 13.4. The highest BCUT2D eigenvalue weighted by Crippen LogP contribution is 2.27. The lowest BCUT2D eigenvalue weighted by Gasteiger charge is -2.10. The molecule has 0 bridgehead atoms. The fourth-order valence-electron chi connectivity index (χ4n) is 1.73. The van der Waals surface area contributed by atoms with Gasteiger partial charge in [-0.15, -0.1) is 0 Å². The van der Waals surface area contributed by atoms with Crippen LogP contribution in [-0.2, 0) is 6.54 Å². The Kier molecular flexibility index (Phi) is 3.97. The predicted molar refractivity (Wildman–Crippen MR) is 78.9 cm³/mol. The molecule has 0 aliphatic carbocycles. The molecule has 0 radical (unpaired) electrons.